The smallest absolute Gasteiger partial charge is 0.247 e. The van der Waals surface area contributed by atoms with E-state index < -0.39 is 0 Å². The molecule has 0 aliphatic rings. The van der Waals surface area contributed by atoms with Crippen LogP contribution in [0.3, 0.4) is 0 Å². The van der Waals surface area contributed by atoms with Gasteiger partial charge in [0.05, 0.1) is 5.25 Å². The Morgan fingerprint density at radius 3 is 2.57 bits per heavy atom. The van der Waals surface area contributed by atoms with Crippen LogP contribution in [0.2, 0.25) is 5.02 Å². The molecule has 1 aromatic carbocycles. The lowest BCUT2D eigenvalue weighted by Crippen LogP contribution is -2.36. The second kappa shape index (κ2) is 5.24. The quantitative estimate of drug-likeness (QED) is 0.360. The van der Waals surface area contributed by atoms with E-state index in [2.05, 4.69) is 5.43 Å². The molecular weight excluding hydrogens is 220 g/mol. The van der Waals surface area contributed by atoms with Crippen molar-refractivity contribution < 1.29 is 4.79 Å². The molecule has 14 heavy (non-hydrogen) atoms. The first-order chi connectivity index (χ1) is 6.63. The van der Waals surface area contributed by atoms with Crippen LogP contribution in [0.4, 0.5) is 0 Å². The van der Waals surface area contributed by atoms with E-state index >= 15 is 0 Å². The third kappa shape index (κ3) is 3.21. The predicted octanol–water partition coefficient (Wildman–Crippen LogP) is 1.81. The Balaban J connectivity index is 2.60. The number of rotatable bonds is 3. The molecule has 0 aliphatic heterocycles. The van der Waals surface area contributed by atoms with Crippen LogP contribution < -0.4 is 11.3 Å². The molecule has 0 fully saturated rings. The molecule has 0 spiro atoms. The van der Waals surface area contributed by atoms with Crippen molar-refractivity contribution in [3.8, 4) is 0 Å². The summed E-state index contributed by atoms with van der Waals surface area (Å²) in [4.78, 5) is 12.1. The first-order valence-electron chi connectivity index (χ1n) is 4.06. The summed E-state index contributed by atoms with van der Waals surface area (Å²) < 4.78 is 0. The lowest BCUT2D eigenvalue weighted by molar-refractivity contribution is -0.120. The minimum absolute atomic E-state index is 0.190. The van der Waals surface area contributed by atoms with Gasteiger partial charge in [0.25, 0.3) is 0 Å². The van der Waals surface area contributed by atoms with Gasteiger partial charge >= 0.3 is 0 Å². The van der Waals surface area contributed by atoms with Crippen LogP contribution in [0, 0.1) is 0 Å². The van der Waals surface area contributed by atoms with Crippen molar-refractivity contribution in [2.75, 3.05) is 0 Å². The number of hydrogen-bond donors (Lipinski definition) is 2. The van der Waals surface area contributed by atoms with Crippen LogP contribution in [-0.2, 0) is 4.79 Å². The fourth-order valence-electron chi connectivity index (χ4n) is 0.888. The fourth-order valence-corrected chi connectivity index (χ4v) is 1.89. The zero-order valence-electron chi connectivity index (χ0n) is 7.66. The summed E-state index contributed by atoms with van der Waals surface area (Å²) >= 11 is 7.16. The molecule has 76 valence electrons. The van der Waals surface area contributed by atoms with Gasteiger partial charge in [-0.15, -0.1) is 11.8 Å². The van der Waals surface area contributed by atoms with Gasteiger partial charge in [0, 0.05) is 9.92 Å². The number of halogens is 1. The molecule has 0 bridgehead atoms. The minimum atomic E-state index is -0.207. The van der Waals surface area contributed by atoms with Gasteiger partial charge in [0.15, 0.2) is 0 Å². The van der Waals surface area contributed by atoms with Crippen molar-refractivity contribution in [2.24, 2.45) is 5.84 Å². The van der Waals surface area contributed by atoms with E-state index in [1.165, 1.54) is 11.8 Å². The van der Waals surface area contributed by atoms with Crippen molar-refractivity contribution in [3.05, 3.63) is 29.3 Å². The van der Waals surface area contributed by atoms with Gasteiger partial charge in [-0.1, -0.05) is 11.6 Å². The van der Waals surface area contributed by atoms with Crippen molar-refractivity contribution in [1.29, 1.82) is 0 Å². The zero-order chi connectivity index (χ0) is 10.6. The monoisotopic (exact) mass is 230 g/mol. The highest BCUT2D eigenvalue weighted by molar-refractivity contribution is 8.00. The van der Waals surface area contributed by atoms with Gasteiger partial charge < -0.3 is 0 Å². The van der Waals surface area contributed by atoms with Gasteiger partial charge in [0.1, 0.15) is 0 Å². The number of thioether (sulfide) groups is 1. The standard InChI is InChI=1S/C9H11ClN2OS/c1-6(9(13)12-11)14-8-4-2-7(10)3-5-8/h2-6H,11H2,1H3,(H,12,13). The van der Waals surface area contributed by atoms with E-state index in [-0.39, 0.29) is 11.2 Å². The van der Waals surface area contributed by atoms with Crippen molar-refractivity contribution in [1.82, 2.24) is 5.43 Å². The van der Waals surface area contributed by atoms with E-state index in [1.807, 2.05) is 12.1 Å². The number of hydrogen-bond acceptors (Lipinski definition) is 3. The summed E-state index contributed by atoms with van der Waals surface area (Å²) in [5.74, 6) is 4.83. The Bertz CT molecular complexity index is 315. The maximum Gasteiger partial charge on any atom is 0.247 e. The average molecular weight is 231 g/mol. The Hall–Kier alpha value is -0.710. The van der Waals surface area contributed by atoms with Crippen molar-refractivity contribution in [2.45, 2.75) is 17.1 Å². The van der Waals surface area contributed by atoms with E-state index in [1.54, 1.807) is 19.1 Å². The molecule has 1 rings (SSSR count). The molecule has 1 amide bonds. The molecular formula is C9H11ClN2OS. The van der Waals surface area contributed by atoms with Crippen LogP contribution in [0.1, 0.15) is 6.92 Å². The summed E-state index contributed by atoms with van der Waals surface area (Å²) in [6, 6.07) is 7.31. The minimum Gasteiger partial charge on any atom is -0.293 e. The Morgan fingerprint density at radius 1 is 1.50 bits per heavy atom. The molecule has 0 heterocycles. The fraction of sp³-hybridized carbons (Fsp3) is 0.222. The second-order valence-electron chi connectivity index (χ2n) is 2.72. The number of benzene rings is 1. The van der Waals surface area contributed by atoms with E-state index in [0.717, 1.165) is 4.90 Å². The van der Waals surface area contributed by atoms with Crippen molar-refractivity contribution >= 4 is 29.3 Å². The topological polar surface area (TPSA) is 55.1 Å². The first kappa shape index (κ1) is 11.4. The SMILES string of the molecule is CC(Sc1ccc(Cl)cc1)C(=O)NN. The summed E-state index contributed by atoms with van der Waals surface area (Å²) in [5.41, 5.74) is 2.11. The Labute approximate surface area is 92.0 Å². The highest BCUT2D eigenvalue weighted by Crippen LogP contribution is 2.24. The third-order valence-electron chi connectivity index (χ3n) is 1.64. The molecule has 0 radical (unpaired) electrons. The molecule has 0 saturated carbocycles. The molecule has 3 N–H and O–H groups in total. The molecule has 1 aromatic rings. The van der Waals surface area contributed by atoms with E-state index in [4.69, 9.17) is 17.4 Å². The third-order valence-corrected chi connectivity index (χ3v) is 3.00. The molecule has 3 nitrogen and oxygen atoms in total. The average Bonchev–Trinajstić information content (AvgIpc) is 2.20. The zero-order valence-corrected chi connectivity index (χ0v) is 9.23. The molecule has 1 atom stereocenters. The molecule has 0 aliphatic carbocycles. The predicted molar refractivity (Wildman–Crippen MR) is 59.1 cm³/mol. The molecule has 0 saturated heterocycles. The van der Waals surface area contributed by atoms with Gasteiger partial charge in [-0.05, 0) is 31.2 Å². The van der Waals surface area contributed by atoms with Gasteiger partial charge in [-0.25, -0.2) is 5.84 Å². The van der Waals surface area contributed by atoms with E-state index in [0.29, 0.717) is 5.02 Å². The number of amides is 1. The number of carbonyl (C=O) groups excluding carboxylic acids is 1. The van der Waals surface area contributed by atoms with Crippen LogP contribution in [0.15, 0.2) is 29.2 Å². The number of carbonyl (C=O) groups is 1. The highest BCUT2D eigenvalue weighted by atomic mass is 35.5. The summed E-state index contributed by atoms with van der Waals surface area (Å²) in [5, 5.41) is 0.478. The molecule has 1 unspecified atom stereocenters. The summed E-state index contributed by atoms with van der Waals surface area (Å²) in [6.45, 7) is 1.79. The number of hydrazine groups is 1. The summed E-state index contributed by atoms with van der Waals surface area (Å²) in [7, 11) is 0. The van der Waals surface area contributed by atoms with Crippen LogP contribution in [0.25, 0.3) is 0 Å². The lowest BCUT2D eigenvalue weighted by atomic mass is 10.4. The highest BCUT2D eigenvalue weighted by Gasteiger charge is 2.12. The number of nitrogens with one attached hydrogen (secondary N) is 1. The maximum atomic E-state index is 11.1. The Morgan fingerprint density at radius 2 is 2.07 bits per heavy atom. The van der Waals surface area contributed by atoms with Gasteiger partial charge in [-0.3, -0.25) is 10.2 Å². The first-order valence-corrected chi connectivity index (χ1v) is 5.32. The largest absolute Gasteiger partial charge is 0.293 e. The summed E-state index contributed by atoms with van der Waals surface area (Å²) in [6.07, 6.45) is 0. The molecule has 0 aromatic heterocycles. The van der Waals surface area contributed by atoms with Gasteiger partial charge in [0.2, 0.25) is 5.91 Å². The lowest BCUT2D eigenvalue weighted by Gasteiger charge is -2.08. The van der Waals surface area contributed by atoms with Crippen LogP contribution in [-0.4, -0.2) is 11.2 Å². The van der Waals surface area contributed by atoms with Crippen LogP contribution >= 0.6 is 23.4 Å². The molecule has 5 heteroatoms. The normalized spacial score (nSPS) is 12.2. The van der Waals surface area contributed by atoms with Gasteiger partial charge in [-0.2, -0.15) is 0 Å². The van der Waals surface area contributed by atoms with E-state index in [9.17, 15) is 4.79 Å². The Kier molecular flexibility index (Phi) is 4.25. The van der Waals surface area contributed by atoms with Crippen molar-refractivity contribution in [3.63, 3.8) is 0 Å². The maximum absolute atomic E-state index is 11.1. The second-order valence-corrected chi connectivity index (χ2v) is 4.57. The van der Waals surface area contributed by atoms with Crippen LogP contribution in [0.5, 0.6) is 0 Å². The number of nitrogens with two attached hydrogens (primary N) is 1.